The van der Waals surface area contributed by atoms with Gasteiger partial charge in [-0.25, -0.2) is 0 Å². The van der Waals surface area contributed by atoms with E-state index in [0.29, 0.717) is 6.61 Å². The van der Waals surface area contributed by atoms with Crippen molar-refractivity contribution >= 4 is 8.07 Å². The van der Waals surface area contributed by atoms with Crippen molar-refractivity contribution in [1.82, 2.24) is 0 Å². The van der Waals surface area contributed by atoms with Gasteiger partial charge >= 0.3 is 0 Å². The summed E-state index contributed by atoms with van der Waals surface area (Å²) in [6.07, 6.45) is 1.54. The molecule has 0 fully saturated rings. The van der Waals surface area contributed by atoms with Crippen LogP contribution in [0.4, 0.5) is 0 Å². The zero-order chi connectivity index (χ0) is 14.3. The van der Waals surface area contributed by atoms with Crippen LogP contribution in [0.25, 0.3) is 0 Å². The minimum absolute atomic E-state index is 0.198. The van der Waals surface area contributed by atoms with Crippen LogP contribution in [-0.2, 0) is 4.74 Å². The molecule has 1 atom stereocenters. The normalized spacial score (nSPS) is 12.2. The number of ether oxygens (including phenoxy) is 2. The van der Waals surface area contributed by atoms with Crippen molar-refractivity contribution in [1.29, 1.82) is 0 Å². The first-order valence-electron chi connectivity index (χ1n) is 6.35. The fourth-order valence-corrected chi connectivity index (χ4v) is 2.01. The van der Waals surface area contributed by atoms with Crippen LogP contribution in [0.15, 0.2) is 36.9 Å². The summed E-state index contributed by atoms with van der Waals surface area (Å²) in [5.74, 6) is 4.09. The van der Waals surface area contributed by atoms with Gasteiger partial charge in [-0.2, -0.15) is 0 Å². The fourth-order valence-electron chi connectivity index (χ4n) is 1.45. The Morgan fingerprint density at radius 3 is 2.37 bits per heavy atom. The van der Waals surface area contributed by atoms with Crippen molar-refractivity contribution in [2.24, 2.45) is 0 Å². The van der Waals surface area contributed by atoms with E-state index in [9.17, 15) is 0 Å². The van der Waals surface area contributed by atoms with E-state index in [2.05, 4.69) is 37.7 Å². The van der Waals surface area contributed by atoms with Crippen LogP contribution in [-0.4, -0.2) is 21.8 Å². The molecule has 1 aromatic carbocycles. The standard InChI is InChI=1S/C16H22O2Si/c1-6-12-18-16(11-13-19(3,4)5)14-7-9-15(17-2)10-8-14/h6-10,16H,1,12H2,2-5H3. The van der Waals surface area contributed by atoms with Gasteiger partial charge in [0.15, 0.2) is 0 Å². The highest BCUT2D eigenvalue weighted by atomic mass is 28.3. The molecule has 19 heavy (non-hydrogen) atoms. The largest absolute Gasteiger partial charge is 0.497 e. The Hall–Kier alpha value is -1.50. The van der Waals surface area contributed by atoms with Gasteiger partial charge in [-0.3, -0.25) is 0 Å². The van der Waals surface area contributed by atoms with Crippen molar-refractivity contribution in [3.63, 3.8) is 0 Å². The Bertz CT molecular complexity index is 460. The molecular weight excluding hydrogens is 252 g/mol. The van der Waals surface area contributed by atoms with E-state index in [1.54, 1.807) is 13.2 Å². The quantitative estimate of drug-likeness (QED) is 0.462. The summed E-state index contributed by atoms with van der Waals surface area (Å²) < 4.78 is 10.9. The summed E-state index contributed by atoms with van der Waals surface area (Å²) in [6.45, 7) is 10.8. The molecule has 0 saturated carbocycles. The lowest BCUT2D eigenvalue weighted by Gasteiger charge is -2.13. The molecule has 1 unspecified atom stereocenters. The molecule has 0 spiro atoms. The molecule has 0 amide bonds. The van der Waals surface area contributed by atoms with Gasteiger partial charge in [0.2, 0.25) is 0 Å². The second-order valence-corrected chi connectivity index (χ2v) is 10.0. The third-order valence-corrected chi connectivity index (χ3v) is 3.27. The third-order valence-electron chi connectivity index (χ3n) is 2.38. The number of methoxy groups -OCH3 is 1. The van der Waals surface area contributed by atoms with Crippen LogP contribution < -0.4 is 4.74 Å². The summed E-state index contributed by atoms with van der Waals surface area (Å²) in [5.41, 5.74) is 4.41. The predicted octanol–water partition coefficient (Wildman–Crippen LogP) is 3.82. The maximum Gasteiger partial charge on any atom is 0.143 e. The van der Waals surface area contributed by atoms with E-state index in [-0.39, 0.29) is 6.10 Å². The molecule has 1 aromatic rings. The van der Waals surface area contributed by atoms with Crippen LogP contribution in [0.3, 0.4) is 0 Å². The maximum absolute atomic E-state index is 5.74. The van der Waals surface area contributed by atoms with Gasteiger partial charge in [0.05, 0.1) is 13.7 Å². The Labute approximate surface area is 117 Å². The average Bonchev–Trinajstić information content (AvgIpc) is 2.38. The smallest absolute Gasteiger partial charge is 0.143 e. The first kappa shape index (κ1) is 15.6. The van der Waals surface area contributed by atoms with E-state index in [1.165, 1.54) is 0 Å². The Morgan fingerprint density at radius 2 is 1.89 bits per heavy atom. The van der Waals surface area contributed by atoms with Crippen molar-refractivity contribution in [2.45, 2.75) is 25.7 Å². The van der Waals surface area contributed by atoms with Crippen molar-refractivity contribution in [3.05, 3.63) is 42.5 Å². The lowest BCUT2D eigenvalue weighted by atomic mass is 10.1. The van der Waals surface area contributed by atoms with Crippen LogP contribution in [0.5, 0.6) is 5.75 Å². The van der Waals surface area contributed by atoms with Crippen molar-refractivity contribution in [3.8, 4) is 17.2 Å². The highest BCUT2D eigenvalue weighted by molar-refractivity contribution is 6.83. The van der Waals surface area contributed by atoms with E-state index < -0.39 is 8.07 Å². The number of hydrogen-bond acceptors (Lipinski definition) is 2. The molecule has 2 nitrogen and oxygen atoms in total. The Morgan fingerprint density at radius 1 is 1.26 bits per heavy atom. The first-order valence-corrected chi connectivity index (χ1v) is 9.85. The van der Waals surface area contributed by atoms with Gasteiger partial charge in [-0.1, -0.05) is 43.8 Å². The van der Waals surface area contributed by atoms with Gasteiger partial charge in [0.25, 0.3) is 0 Å². The van der Waals surface area contributed by atoms with Crippen molar-refractivity contribution < 1.29 is 9.47 Å². The first-order chi connectivity index (χ1) is 8.96. The zero-order valence-electron chi connectivity index (χ0n) is 12.2. The molecule has 0 radical (unpaired) electrons. The second-order valence-electron chi connectivity index (χ2n) is 5.29. The van der Waals surface area contributed by atoms with Crippen LogP contribution in [0.1, 0.15) is 11.7 Å². The molecule has 0 aliphatic rings. The van der Waals surface area contributed by atoms with Gasteiger partial charge in [0, 0.05) is 0 Å². The van der Waals surface area contributed by atoms with Gasteiger partial charge in [-0.05, 0) is 17.7 Å². The topological polar surface area (TPSA) is 18.5 Å². The highest BCUT2D eigenvalue weighted by Crippen LogP contribution is 2.20. The summed E-state index contributed by atoms with van der Waals surface area (Å²) in [5, 5.41) is 0. The van der Waals surface area contributed by atoms with E-state index >= 15 is 0 Å². The van der Waals surface area contributed by atoms with E-state index in [1.807, 2.05) is 24.3 Å². The second kappa shape index (κ2) is 7.18. The molecule has 0 saturated heterocycles. The maximum atomic E-state index is 5.74. The molecule has 0 heterocycles. The van der Waals surface area contributed by atoms with Crippen LogP contribution in [0, 0.1) is 11.5 Å². The number of hydrogen-bond donors (Lipinski definition) is 0. The minimum Gasteiger partial charge on any atom is -0.497 e. The number of benzene rings is 1. The van der Waals surface area contributed by atoms with Gasteiger partial charge in [-0.15, -0.1) is 12.1 Å². The molecule has 3 heteroatoms. The molecule has 102 valence electrons. The summed E-state index contributed by atoms with van der Waals surface area (Å²) in [4.78, 5) is 0. The number of rotatable bonds is 5. The lowest BCUT2D eigenvalue weighted by Crippen LogP contribution is -2.17. The van der Waals surface area contributed by atoms with Crippen molar-refractivity contribution in [2.75, 3.05) is 13.7 Å². The molecule has 0 N–H and O–H groups in total. The van der Waals surface area contributed by atoms with Crippen LogP contribution >= 0.6 is 0 Å². The van der Waals surface area contributed by atoms with Crippen LogP contribution in [0.2, 0.25) is 19.6 Å². The lowest BCUT2D eigenvalue weighted by molar-refractivity contribution is 0.117. The summed E-state index contributed by atoms with van der Waals surface area (Å²) >= 11 is 0. The Balaban J connectivity index is 2.93. The highest BCUT2D eigenvalue weighted by Gasteiger charge is 2.12. The molecular formula is C16H22O2Si. The molecule has 0 aromatic heterocycles. The van der Waals surface area contributed by atoms with Gasteiger partial charge < -0.3 is 9.47 Å². The fraction of sp³-hybridized carbons (Fsp3) is 0.375. The molecule has 0 aliphatic carbocycles. The summed E-state index contributed by atoms with van der Waals surface area (Å²) in [7, 11) is 0.257. The zero-order valence-corrected chi connectivity index (χ0v) is 13.2. The van der Waals surface area contributed by atoms with Gasteiger partial charge in [0.1, 0.15) is 19.9 Å². The third kappa shape index (κ3) is 5.78. The SMILES string of the molecule is C=CCOC(C#C[Si](C)(C)C)c1ccc(OC)cc1. The Kier molecular flexibility index (Phi) is 5.87. The molecule has 0 bridgehead atoms. The average molecular weight is 274 g/mol. The molecule has 1 rings (SSSR count). The monoisotopic (exact) mass is 274 g/mol. The molecule has 0 aliphatic heterocycles. The summed E-state index contributed by atoms with van der Waals surface area (Å²) in [6, 6.07) is 7.84. The van der Waals surface area contributed by atoms with E-state index in [0.717, 1.165) is 11.3 Å². The van der Waals surface area contributed by atoms with E-state index in [4.69, 9.17) is 9.47 Å². The minimum atomic E-state index is -1.40. The predicted molar refractivity (Wildman–Crippen MR) is 83.0 cm³/mol.